The number of aromatic nitrogens is 2. The minimum Gasteiger partial charge on any atom is -0.338 e. The molecule has 0 unspecified atom stereocenters. The van der Waals surface area contributed by atoms with Crippen LogP contribution in [0.2, 0.25) is 5.02 Å². The molecule has 7 heteroatoms. The van der Waals surface area contributed by atoms with E-state index < -0.39 is 16.6 Å². The Morgan fingerprint density at radius 1 is 1.38 bits per heavy atom. The molecular weight excluding hydrogens is 313 g/mol. The summed E-state index contributed by atoms with van der Waals surface area (Å²) in [6, 6.07) is 5.15. The van der Waals surface area contributed by atoms with Crippen LogP contribution in [0.5, 0.6) is 0 Å². The highest BCUT2D eigenvalue weighted by atomic mass is 35.5. The van der Waals surface area contributed by atoms with E-state index in [1.807, 2.05) is 6.92 Å². The highest BCUT2D eigenvalue weighted by molar-refractivity contribution is 7.83. The lowest BCUT2D eigenvalue weighted by molar-refractivity contribution is 0.599. The average Bonchev–Trinajstić information content (AvgIpc) is 2.44. The Balaban J connectivity index is 2.30. The maximum absolute atomic E-state index is 14.1. The third-order valence-electron chi connectivity index (χ3n) is 2.86. The Morgan fingerprint density at radius 3 is 2.81 bits per heavy atom. The summed E-state index contributed by atoms with van der Waals surface area (Å²) in [5.41, 5.74) is 1.74. The van der Waals surface area contributed by atoms with Crippen LogP contribution < -0.4 is 5.32 Å². The number of aryl methyl sites for hydroxylation is 1. The molecule has 2 rings (SSSR count). The Bertz CT molecular complexity index is 681. The molecule has 0 aliphatic heterocycles. The maximum Gasteiger partial charge on any atom is 0.187 e. The van der Waals surface area contributed by atoms with Crippen molar-refractivity contribution in [2.45, 2.75) is 19.1 Å². The fraction of sp³-hybridized carbons (Fsp3) is 0.286. The predicted octanol–water partition coefficient (Wildman–Crippen LogP) is 3.45. The second-order valence-corrected chi connectivity index (χ2v) is 6.33. The van der Waals surface area contributed by atoms with Crippen molar-refractivity contribution in [2.24, 2.45) is 0 Å². The van der Waals surface area contributed by atoms with Crippen LogP contribution in [-0.4, -0.2) is 20.4 Å². The zero-order valence-electron chi connectivity index (χ0n) is 11.7. The quantitative estimate of drug-likeness (QED) is 0.913. The number of nitrogens with zero attached hydrogens (tertiary/aromatic N) is 2. The molecule has 0 amide bonds. The normalized spacial score (nSPS) is 12.2. The van der Waals surface area contributed by atoms with Gasteiger partial charge < -0.3 is 5.32 Å². The van der Waals surface area contributed by atoms with Gasteiger partial charge in [-0.05, 0) is 30.2 Å². The summed E-state index contributed by atoms with van der Waals surface area (Å²) in [7, 11) is -1.00. The van der Waals surface area contributed by atoms with E-state index in [1.54, 1.807) is 24.5 Å². The van der Waals surface area contributed by atoms with E-state index in [2.05, 4.69) is 15.3 Å². The summed E-state index contributed by atoms with van der Waals surface area (Å²) < 4.78 is 25.4. The zero-order valence-corrected chi connectivity index (χ0v) is 13.3. The summed E-state index contributed by atoms with van der Waals surface area (Å²) in [5, 5.41) is 3.44. The Morgan fingerprint density at radius 2 is 2.14 bits per heavy atom. The third-order valence-corrected chi connectivity index (χ3v) is 3.95. The lowest BCUT2D eigenvalue weighted by Gasteiger charge is -2.10. The number of benzene rings is 1. The first-order chi connectivity index (χ1) is 10.0. The first-order valence-corrected chi connectivity index (χ1v) is 8.46. The Kier molecular flexibility index (Phi) is 5.25. The van der Waals surface area contributed by atoms with Crippen LogP contribution in [0.1, 0.15) is 18.2 Å². The highest BCUT2D eigenvalue weighted by Gasteiger charge is 2.11. The molecule has 0 bridgehead atoms. The number of rotatable bonds is 5. The summed E-state index contributed by atoms with van der Waals surface area (Å²) in [4.78, 5) is 7.79. The molecule has 0 saturated carbocycles. The van der Waals surface area contributed by atoms with Gasteiger partial charge in [0.2, 0.25) is 0 Å². The largest absolute Gasteiger partial charge is 0.338 e. The summed E-state index contributed by atoms with van der Waals surface area (Å²) in [6.45, 7) is 1.83. The molecule has 0 aliphatic carbocycles. The average molecular weight is 328 g/mol. The van der Waals surface area contributed by atoms with Crippen molar-refractivity contribution in [3.05, 3.63) is 46.6 Å². The van der Waals surface area contributed by atoms with Crippen molar-refractivity contribution >= 4 is 33.9 Å². The molecule has 1 heterocycles. The van der Waals surface area contributed by atoms with E-state index in [4.69, 9.17) is 11.6 Å². The first-order valence-electron chi connectivity index (χ1n) is 6.36. The van der Waals surface area contributed by atoms with Crippen LogP contribution in [-0.2, 0) is 23.0 Å². The minimum absolute atomic E-state index is 0.118. The molecule has 0 fully saturated rings. The van der Waals surface area contributed by atoms with Gasteiger partial charge in [-0.2, -0.15) is 0 Å². The van der Waals surface area contributed by atoms with Crippen molar-refractivity contribution in [3.63, 3.8) is 0 Å². The van der Waals surface area contributed by atoms with Crippen molar-refractivity contribution in [1.82, 2.24) is 9.97 Å². The standard InChI is InChI=1S/C14H15ClFN3OS/c1-3-12-13(16)14(18-8-17-12)19-10-4-5-11(15)9(6-10)7-21(2)20/h4-6,8H,3,7H2,1-2H3,(H,17,18,19)/t21-/m0/s1. The fourth-order valence-electron chi connectivity index (χ4n) is 1.86. The summed E-state index contributed by atoms with van der Waals surface area (Å²) >= 11 is 6.06. The molecular formula is C14H15ClFN3OS. The molecule has 1 N–H and O–H groups in total. The van der Waals surface area contributed by atoms with Gasteiger partial charge in [0.1, 0.15) is 6.33 Å². The molecule has 1 atom stereocenters. The smallest absolute Gasteiger partial charge is 0.187 e. The third kappa shape index (κ3) is 3.98. The Hall–Kier alpha value is -1.53. The van der Waals surface area contributed by atoms with Crippen LogP contribution in [0.4, 0.5) is 15.9 Å². The highest BCUT2D eigenvalue weighted by Crippen LogP contribution is 2.25. The number of nitrogens with one attached hydrogen (secondary N) is 1. The molecule has 2 aromatic rings. The molecule has 0 radical (unpaired) electrons. The van der Waals surface area contributed by atoms with Crippen LogP contribution >= 0.6 is 11.6 Å². The van der Waals surface area contributed by atoms with Crippen LogP contribution in [0.25, 0.3) is 0 Å². The van der Waals surface area contributed by atoms with Crippen LogP contribution in [0.3, 0.4) is 0 Å². The molecule has 0 saturated heterocycles. The lowest BCUT2D eigenvalue weighted by Crippen LogP contribution is -2.03. The molecule has 0 spiro atoms. The first kappa shape index (κ1) is 15.9. The second kappa shape index (κ2) is 6.95. The fourth-order valence-corrected chi connectivity index (χ4v) is 2.80. The van der Waals surface area contributed by atoms with Crippen LogP contribution in [0, 0.1) is 5.82 Å². The van der Waals surface area contributed by atoms with Gasteiger partial charge in [0, 0.05) is 33.5 Å². The molecule has 0 aliphatic rings. The van der Waals surface area contributed by atoms with Gasteiger partial charge in [0.05, 0.1) is 5.69 Å². The second-order valence-electron chi connectivity index (χ2n) is 4.49. The molecule has 21 heavy (non-hydrogen) atoms. The van der Waals surface area contributed by atoms with Crippen molar-refractivity contribution in [3.8, 4) is 0 Å². The molecule has 1 aromatic heterocycles. The predicted molar refractivity (Wildman–Crippen MR) is 83.9 cm³/mol. The van der Waals surface area contributed by atoms with E-state index in [9.17, 15) is 8.60 Å². The van der Waals surface area contributed by atoms with Gasteiger partial charge in [-0.15, -0.1) is 0 Å². The van der Waals surface area contributed by atoms with Gasteiger partial charge >= 0.3 is 0 Å². The molecule has 4 nitrogen and oxygen atoms in total. The van der Waals surface area contributed by atoms with Crippen molar-refractivity contribution < 1.29 is 8.60 Å². The van der Waals surface area contributed by atoms with E-state index in [0.29, 0.717) is 28.6 Å². The van der Waals surface area contributed by atoms with E-state index in [0.717, 1.165) is 5.56 Å². The van der Waals surface area contributed by atoms with Gasteiger partial charge in [0.25, 0.3) is 0 Å². The number of hydrogen-bond acceptors (Lipinski definition) is 4. The van der Waals surface area contributed by atoms with E-state index in [1.165, 1.54) is 6.33 Å². The number of hydrogen-bond donors (Lipinski definition) is 1. The zero-order chi connectivity index (χ0) is 15.4. The van der Waals surface area contributed by atoms with Gasteiger partial charge in [0.15, 0.2) is 11.6 Å². The summed E-state index contributed by atoms with van der Waals surface area (Å²) in [5.74, 6) is 0.00388. The van der Waals surface area contributed by atoms with Gasteiger partial charge in [-0.1, -0.05) is 18.5 Å². The topological polar surface area (TPSA) is 54.9 Å². The minimum atomic E-state index is -1.00. The van der Waals surface area contributed by atoms with E-state index in [-0.39, 0.29) is 5.82 Å². The number of anilines is 2. The maximum atomic E-state index is 14.1. The van der Waals surface area contributed by atoms with Gasteiger partial charge in [-0.25, -0.2) is 14.4 Å². The number of halogens is 2. The van der Waals surface area contributed by atoms with Crippen LogP contribution in [0.15, 0.2) is 24.5 Å². The van der Waals surface area contributed by atoms with Gasteiger partial charge in [-0.3, -0.25) is 4.21 Å². The summed E-state index contributed by atoms with van der Waals surface area (Å²) in [6.07, 6.45) is 3.42. The monoisotopic (exact) mass is 327 g/mol. The molecule has 1 aromatic carbocycles. The van der Waals surface area contributed by atoms with E-state index >= 15 is 0 Å². The lowest BCUT2D eigenvalue weighted by atomic mass is 10.2. The molecule has 112 valence electrons. The van der Waals surface area contributed by atoms with Crippen molar-refractivity contribution in [1.29, 1.82) is 0 Å². The Labute approximate surface area is 130 Å². The van der Waals surface area contributed by atoms with Crippen molar-refractivity contribution in [2.75, 3.05) is 11.6 Å². The SMILES string of the molecule is CCc1ncnc(Nc2ccc(Cl)c(C[S@](C)=O)c2)c1F.